The fraction of sp³-hybridized carbons (Fsp3) is 0.227. The first-order chi connectivity index (χ1) is 15.0. The number of hydrogen-bond donors (Lipinski definition) is 2. The summed E-state index contributed by atoms with van der Waals surface area (Å²) in [5, 5.41) is 25.7. The van der Waals surface area contributed by atoms with E-state index >= 15 is 0 Å². The Kier molecular flexibility index (Phi) is 7.23. The van der Waals surface area contributed by atoms with Crippen LogP contribution in [0.4, 0.5) is 0 Å². The highest BCUT2D eigenvalue weighted by Gasteiger charge is 2.07. The summed E-state index contributed by atoms with van der Waals surface area (Å²) in [5.41, 5.74) is 2.68. The second-order valence-electron chi connectivity index (χ2n) is 6.69. The molecule has 0 amide bonds. The molecule has 0 saturated carbocycles. The number of aliphatic hydroxyl groups excluding tert-OH is 1. The average molecular weight is 420 g/mol. The molecule has 0 aliphatic carbocycles. The van der Waals surface area contributed by atoms with Gasteiger partial charge in [0, 0.05) is 30.4 Å². The van der Waals surface area contributed by atoms with Crippen LogP contribution in [0.5, 0.6) is 0 Å². The molecule has 9 nitrogen and oxygen atoms in total. The van der Waals surface area contributed by atoms with Crippen molar-refractivity contribution in [2.75, 3.05) is 13.2 Å². The van der Waals surface area contributed by atoms with Crippen LogP contribution in [0.3, 0.4) is 0 Å². The van der Waals surface area contributed by atoms with Gasteiger partial charge in [-0.15, -0.1) is 0 Å². The summed E-state index contributed by atoms with van der Waals surface area (Å²) in [5.74, 6) is 0.524. The SMILES string of the molecule is C/C=C(\C=N/C(=N)c1cccc(Cn2nc(-c3cnn(C)c3)ccc2=O)c1)OCCO. The predicted molar refractivity (Wildman–Crippen MR) is 118 cm³/mol. The van der Waals surface area contributed by atoms with Crippen molar-refractivity contribution < 1.29 is 9.84 Å². The molecule has 0 radical (unpaired) electrons. The molecule has 0 fully saturated rings. The number of nitrogens with one attached hydrogen (secondary N) is 1. The first-order valence-electron chi connectivity index (χ1n) is 9.69. The van der Waals surface area contributed by atoms with Gasteiger partial charge in [0.2, 0.25) is 0 Å². The lowest BCUT2D eigenvalue weighted by Crippen LogP contribution is -2.22. The molecule has 2 heterocycles. The van der Waals surface area contributed by atoms with Crippen LogP contribution >= 0.6 is 0 Å². The molecule has 0 saturated heterocycles. The van der Waals surface area contributed by atoms with E-state index in [9.17, 15) is 4.79 Å². The van der Waals surface area contributed by atoms with Gasteiger partial charge in [0.15, 0.2) is 5.84 Å². The Morgan fingerprint density at radius 2 is 2.16 bits per heavy atom. The number of aliphatic hydroxyl groups is 1. The van der Waals surface area contributed by atoms with Crippen molar-refractivity contribution in [2.24, 2.45) is 12.0 Å². The van der Waals surface area contributed by atoms with Crippen molar-refractivity contribution >= 4 is 12.1 Å². The van der Waals surface area contributed by atoms with Gasteiger partial charge < -0.3 is 9.84 Å². The minimum absolute atomic E-state index is 0.0539. The van der Waals surface area contributed by atoms with Gasteiger partial charge >= 0.3 is 0 Å². The summed E-state index contributed by atoms with van der Waals surface area (Å²) in [4.78, 5) is 16.4. The lowest BCUT2D eigenvalue weighted by atomic mass is 10.1. The van der Waals surface area contributed by atoms with E-state index in [0.29, 0.717) is 17.0 Å². The van der Waals surface area contributed by atoms with E-state index in [4.69, 9.17) is 15.3 Å². The van der Waals surface area contributed by atoms with Gasteiger partial charge in [0.1, 0.15) is 12.4 Å². The van der Waals surface area contributed by atoms with Crippen LogP contribution in [-0.4, -0.2) is 49.9 Å². The molecule has 0 atom stereocenters. The van der Waals surface area contributed by atoms with E-state index in [1.54, 1.807) is 42.1 Å². The molecule has 31 heavy (non-hydrogen) atoms. The number of benzene rings is 1. The number of amidine groups is 1. The third kappa shape index (κ3) is 5.83. The fourth-order valence-electron chi connectivity index (χ4n) is 2.82. The van der Waals surface area contributed by atoms with Crippen LogP contribution in [0.25, 0.3) is 11.3 Å². The first-order valence-corrected chi connectivity index (χ1v) is 9.69. The van der Waals surface area contributed by atoms with Crippen molar-refractivity contribution in [3.63, 3.8) is 0 Å². The zero-order valence-electron chi connectivity index (χ0n) is 17.4. The van der Waals surface area contributed by atoms with E-state index in [-0.39, 0.29) is 31.2 Å². The zero-order valence-corrected chi connectivity index (χ0v) is 17.4. The molecular formula is C22H24N6O3. The highest BCUT2D eigenvalue weighted by atomic mass is 16.5. The van der Waals surface area contributed by atoms with Gasteiger partial charge in [0.25, 0.3) is 5.56 Å². The van der Waals surface area contributed by atoms with E-state index < -0.39 is 0 Å². The van der Waals surface area contributed by atoms with Gasteiger partial charge in [-0.1, -0.05) is 18.2 Å². The van der Waals surface area contributed by atoms with Gasteiger partial charge in [-0.05, 0) is 30.7 Å². The number of nitrogens with zero attached hydrogens (tertiary/aromatic N) is 5. The summed E-state index contributed by atoms with van der Waals surface area (Å²) in [7, 11) is 1.82. The maximum absolute atomic E-state index is 12.3. The maximum atomic E-state index is 12.3. The number of aliphatic imine (C=N–C) groups is 1. The molecule has 0 aliphatic rings. The molecule has 9 heteroatoms. The molecule has 0 unspecified atom stereocenters. The summed E-state index contributed by atoms with van der Waals surface area (Å²) in [6, 6.07) is 10.4. The molecule has 3 rings (SSSR count). The highest BCUT2D eigenvalue weighted by Crippen LogP contribution is 2.14. The average Bonchev–Trinajstić information content (AvgIpc) is 3.21. The molecule has 0 bridgehead atoms. The zero-order chi connectivity index (χ0) is 22.2. The smallest absolute Gasteiger partial charge is 0.267 e. The largest absolute Gasteiger partial charge is 0.490 e. The minimum Gasteiger partial charge on any atom is -0.490 e. The summed E-state index contributed by atoms with van der Waals surface area (Å²) >= 11 is 0. The Hall–Kier alpha value is -3.85. The Labute approximate surface area is 179 Å². The van der Waals surface area contributed by atoms with Crippen LogP contribution in [0.15, 0.2) is 70.4 Å². The third-order valence-electron chi connectivity index (χ3n) is 4.37. The molecule has 0 aliphatic heterocycles. The van der Waals surface area contributed by atoms with E-state index in [1.165, 1.54) is 17.0 Å². The van der Waals surface area contributed by atoms with Gasteiger partial charge in [-0.2, -0.15) is 10.2 Å². The van der Waals surface area contributed by atoms with Gasteiger partial charge in [-0.25, -0.2) is 9.67 Å². The van der Waals surface area contributed by atoms with Crippen LogP contribution in [0.1, 0.15) is 18.1 Å². The molecule has 2 N–H and O–H groups in total. The summed E-state index contributed by atoms with van der Waals surface area (Å²) < 4.78 is 8.37. The lowest BCUT2D eigenvalue weighted by molar-refractivity contribution is 0.156. The monoisotopic (exact) mass is 420 g/mol. The Morgan fingerprint density at radius 1 is 1.32 bits per heavy atom. The Bertz CT molecular complexity index is 1180. The van der Waals surface area contributed by atoms with Crippen molar-refractivity contribution in [1.29, 1.82) is 5.41 Å². The van der Waals surface area contributed by atoms with Crippen LogP contribution < -0.4 is 5.56 Å². The summed E-state index contributed by atoms with van der Waals surface area (Å²) in [6.07, 6.45) is 6.67. The fourth-order valence-corrected chi connectivity index (χ4v) is 2.82. The topological polar surface area (TPSA) is 118 Å². The van der Waals surface area contributed by atoms with Crippen molar-refractivity contribution in [3.8, 4) is 11.3 Å². The molecule has 3 aromatic rings. The molecule has 160 valence electrons. The number of rotatable bonds is 8. The second-order valence-corrected chi connectivity index (χ2v) is 6.69. The number of allylic oxidation sites excluding steroid dienone is 2. The number of hydrogen-bond acceptors (Lipinski definition) is 6. The predicted octanol–water partition coefficient (Wildman–Crippen LogP) is 2.00. The Balaban J connectivity index is 1.78. The van der Waals surface area contributed by atoms with Crippen molar-refractivity contribution in [1.82, 2.24) is 19.6 Å². The van der Waals surface area contributed by atoms with Crippen LogP contribution in [0, 0.1) is 5.41 Å². The normalized spacial score (nSPS) is 11.8. The minimum atomic E-state index is -0.218. The van der Waals surface area contributed by atoms with E-state index in [2.05, 4.69) is 15.2 Å². The van der Waals surface area contributed by atoms with Crippen molar-refractivity contribution in [2.45, 2.75) is 13.5 Å². The quantitative estimate of drug-likeness (QED) is 0.328. The molecule has 2 aromatic heterocycles. The second kappa shape index (κ2) is 10.3. The number of aromatic nitrogens is 4. The first kappa shape index (κ1) is 21.8. The van der Waals surface area contributed by atoms with Crippen LogP contribution in [0.2, 0.25) is 0 Å². The van der Waals surface area contributed by atoms with E-state index in [1.807, 2.05) is 25.4 Å². The molecule has 0 spiro atoms. The standard InChI is InChI=1S/C22H24N6O3/c1-3-19(31-10-9-29)13-24-22(23)17-6-4-5-16(11-17)14-28-21(30)8-7-20(26-28)18-12-25-27(2)15-18/h3-8,11-13,15,23,29H,9-10,14H2,1-2H3/b19-3+,23-22?,24-13-. The Morgan fingerprint density at radius 3 is 2.87 bits per heavy atom. The maximum Gasteiger partial charge on any atom is 0.267 e. The number of aryl methyl sites for hydroxylation is 1. The highest BCUT2D eigenvalue weighted by molar-refractivity contribution is 6.02. The van der Waals surface area contributed by atoms with Gasteiger partial charge in [0.05, 0.1) is 31.3 Å². The van der Waals surface area contributed by atoms with Crippen molar-refractivity contribution in [3.05, 3.63) is 82.1 Å². The van der Waals surface area contributed by atoms with Crippen LogP contribution in [-0.2, 0) is 18.3 Å². The van der Waals surface area contributed by atoms with E-state index in [0.717, 1.165) is 11.1 Å². The molecular weight excluding hydrogens is 396 g/mol. The summed E-state index contributed by atoms with van der Waals surface area (Å²) in [6.45, 7) is 2.11. The lowest BCUT2D eigenvalue weighted by Gasteiger charge is -2.08. The third-order valence-corrected chi connectivity index (χ3v) is 4.37. The number of ether oxygens (including phenoxy) is 1. The molecule has 1 aromatic carbocycles. The van der Waals surface area contributed by atoms with Gasteiger partial charge in [-0.3, -0.25) is 14.9 Å².